The summed E-state index contributed by atoms with van der Waals surface area (Å²) in [5.74, 6) is -0.538. The monoisotopic (exact) mass is 330 g/mol. The zero-order valence-corrected chi connectivity index (χ0v) is 13.0. The van der Waals surface area contributed by atoms with E-state index in [0.717, 1.165) is 0 Å². The largest absolute Gasteiger partial charge is 0.373 e. The number of methoxy groups -OCH3 is 1. The molecule has 0 aliphatic carbocycles. The van der Waals surface area contributed by atoms with Crippen molar-refractivity contribution in [2.45, 2.75) is 12.3 Å². The van der Waals surface area contributed by atoms with Crippen LogP contribution in [-0.4, -0.2) is 21.8 Å². The highest BCUT2D eigenvalue weighted by Crippen LogP contribution is 2.36. The molecule has 0 aliphatic rings. The Morgan fingerprint density at radius 2 is 1.50 bits per heavy atom. The molecule has 4 nitrogen and oxygen atoms in total. The van der Waals surface area contributed by atoms with Crippen LogP contribution in [0, 0.1) is 11.6 Å². The SMILES string of the molecule is COCn1ccnc1C(O)(c1ccc(F)cc1)c1ccc(F)cc1. The van der Waals surface area contributed by atoms with Gasteiger partial charge in [-0.05, 0) is 35.4 Å². The fraction of sp³-hybridized carbons (Fsp3) is 0.167. The fourth-order valence-electron chi connectivity index (χ4n) is 2.68. The van der Waals surface area contributed by atoms with Crippen LogP contribution < -0.4 is 0 Å². The van der Waals surface area contributed by atoms with E-state index in [1.807, 2.05) is 0 Å². The number of hydrogen-bond acceptors (Lipinski definition) is 3. The number of ether oxygens (including phenoxy) is 1. The van der Waals surface area contributed by atoms with Gasteiger partial charge in [-0.2, -0.15) is 0 Å². The third-order valence-corrected chi connectivity index (χ3v) is 3.83. The molecule has 1 N–H and O–H groups in total. The van der Waals surface area contributed by atoms with Gasteiger partial charge in [-0.3, -0.25) is 0 Å². The maximum absolute atomic E-state index is 13.3. The van der Waals surface area contributed by atoms with Crippen LogP contribution in [-0.2, 0) is 17.1 Å². The fourth-order valence-corrected chi connectivity index (χ4v) is 2.68. The molecule has 3 aromatic rings. The molecule has 0 fully saturated rings. The molecule has 6 heteroatoms. The Balaban J connectivity index is 2.22. The molecule has 1 heterocycles. The smallest absolute Gasteiger partial charge is 0.173 e. The summed E-state index contributed by atoms with van der Waals surface area (Å²) in [6.45, 7) is 0.181. The normalized spacial score (nSPS) is 11.7. The van der Waals surface area contributed by atoms with E-state index in [1.165, 1.54) is 61.8 Å². The van der Waals surface area contributed by atoms with Gasteiger partial charge in [-0.25, -0.2) is 13.8 Å². The number of aliphatic hydroxyl groups is 1. The van der Waals surface area contributed by atoms with E-state index < -0.39 is 17.2 Å². The van der Waals surface area contributed by atoms with Crippen LogP contribution in [0.2, 0.25) is 0 Å². The summed E-state index contributed by atoms with van der Waals surface area (Å²) in [6, 6.07) is 10.9. The number of rotatable bonds is 5. The number of aromatic nitrogens is 2. The van der Waals surface area contributed by atoms with Crippen LogP contribution in [0.5, 0.6) is 0 Å². The van der Waals surface area contributed by atoms with Gasteiger partial charge in [0, 0.05) is 19.5 Å². The van der Waals surface area contributed by atoms with Crippen LogP contribution in [0.1, 0.15) is 17.0 Å². The van der Waals surface area contributed by atoms with Gasteiger partial charge < -0.3 is 14.4 Å². The van der Waals surface area contributed by atoms with Gasteiger partial charge in [-0.15, -0.1) is 0 Å². The number of halogens is 2. The van der Waals surface area contributed by atoms with E-state index in [1.54, 1.807) is 10.8 Å². The molecule has 124 valence electrons. The molecule has 0 radical (unpaired) electrons. The number of hydrogen-bond donors (Lipinski definition) is 1. The highest BCUT2D eigenvalue weighted by Gasteiger charge is 2.38. The Kier molecular flexibility index (Phi) is 4.42. The van der Waals surface area contributed by atoms with Gasteiger partial charge in [0.1, 0.15) is 18.4 Å². The van der Waals surface area contributed by atoms with Gasteiger partial charge in [0.15, 0.2) is 11.4 Å². The molecule has 0 amide bonds. The topological polar surface area (TPSA) is 47.3 Å². The summed E-state index contributed by atoms with van der Waals surface area (Å²) in [6.07, 6.45) is 3.20. The van der Waals surface area contributed by atoms with Crippen LogP contribution in [0.4, 0.5) is 8.78 Å². The van der Waals surface area contributed by atoms with Crippen molar-refractivity contribution in [2.24, 2.45) is 0 Å². The lowest BCUT2D eigenvalue weighted by atomic mass is 9.85. The van der Waals surface area contributed by atoms with Crippen molar-refractivity contribution in [1.82, 2.24) is 9.55 Å². The summed E-state index contributed by atoms with van der Waals surface area (Å²) in [5, 5.41) is 11.5. The molecule has 0 spiro atoms. The van der Waals surface area contributed by atoms with E-state index >= 15 is 0 Å². The average molecular weight is 330 g/mol. The van der Waals surface area contributed by atoms with E-state index in [2.05, 4.69) is 4.98 Å². The van der Waals surface area contributed by atoms with Crippen molar-refractivity contribution in [3.05, 3.63) is 89.5 Å². The molecular formula is C18H16F2N2O2. The number of benzene rings is 2. The molecule has 24 heavy (non-hydrogen) atoms. The molecule has 1 aromatic heterocycles. The summed E-state index contributed by atoms with van der Waals surface area (Å²) in [7, 11) is 1.53. The Hall–Kier alpha value is -2.57. The van der Waals surface area contributed by atoms with E-state index in [9.17, 15) is 13.9 Å². The summed E-state index contributed by atoms with van der Waals surface area (Å²) in [5.41, 5.74) is -0.846. The van der Waals surface area contributed by atoms with E-state index in [0.29, 0.717) is 17.0 Å². The van der Waals surface area contributed by atoms with Crippen LogP contribution in [0.25, 0.3) is 0 Å². The van der Waals surface area contributed by atoms with Crippen LogP contribution in [0.15, 0.2) is 60.9 Å². The van der Waals surface area contributed by atoms with Crippen molar-refractivity contribution in [2.75, 3.05) is 7.11 Å². The average Bonchev–Trinajstić information content (AvgIpc) is 3.05. The standard InChI is InChI=1S/C18H16F2N2O2/c1-24-12-22-11-10-21-17(22)18(23,13-2-6-15(19)7-3-13)14-4-8-16(20)9-5-14/h2-11,23H,12H2,1H3. The highest BCUT2D eigenvalue weighted by molar-refractivity contribution is 5.42. The molecular weight excluding hydrogens is 314 g/mol. The zero-order chi connectivity index (χ0) is 17.2. The van der Waals surface area contributed by atoms with Gasteiger partial charge in [0.2, 0.25) is 0 Å². The minimum absolute atomic E-state index is 0.181. The summed E-state index contributed by atoms with van der Waals surface area (Å²) < 4.78 is 33.4. The Morgan fingerprint density at radius 3 is 1.96 bits per heavy atom. The molecule has 3 rings (SSSR count). The molecule has 0 aliphatic heterocycles. The van der Waals surface area contributed by atoms with Crippen molar-refractivity contribution in [1.29, 1.82) is 0 Å². The second-order valence-corrected chi connectivity index (χ2v) is 5.36. The first-order valence-electron chi connectivity index (χ1n) is 7.30. The Morgan fingerprint density at radius 1 is 1.00 bits per heavy atom. The van der Waals surface area contributed by atoms with Gasteiger partial charge in [0.25, 0.3) is 0 Å². The minimum Gasteiger partial charge on any atom is -0.373 e. The maximum Gasteiger partial charge on any atom is 0.173 e. The molecule has 0 unspecified atom stereocenters. The van der Waals surface area contributed by atoms with Gasteiger partial charge in [0.05, 0.1) is 0 Å². The van der Waals surface area contributed by atoms with Crippen molar-refractivity contribution in [3.8, 4) is 0 Å². The van der Waals surface area contributed by atoms with Crippen molar-refractivity contribution in [3.63, 3.8) is 0 Å². The van der Waals surface area contributed by atoms with Gasteiger partial charge >= 0.3 is 0 Å². The lowest BCUT2D eigenvalue weighted by Gasteiger charge is -2.29. The third-order valence-electron chi connectivity index (χ3n) is 3.83. The highest BCUT2D eigenvalue weighted by atomic mass is 19.1. The molecule has 0 saturated heterocycles. The Bertz CT molecular complexity index is 768. The predicted octanol–water partition coefficient (Wildman–Crippen LogP) is 3.05. The summed E-state index contributed by atoms with van der Waals surface area (Å²) >= 11 is 0. The second kappa shape index (κ2) is 6.51. The maximum atomic E-state index is 13.3. The van der Waals surface area contributed by atoms with E-state index in [-0.39, 0.29) is 6.73 Å². The second-order valence-electron chi connectivity index (χ2n) is 5.36. The van der Waals surface area contributed by atoms with E-state index in [4.69, 9.17) is 4.74 Å². The molecule has 0 atom stereocenters. The number of imidazole rings is 1. The first-order chi connectivity index (χ1) is 11.6. The minimum atomic E-state index is -1.68. The molecule has 2 aromatic carbocycles. The van der Waals surface area contributed by atoms with Gasteiger partial charge in [-0.1, -0.05) is 24.3 Å². The quantitative estimate of drug-likeness (QED) is 0.782. The van der Waals surface area contributed by atoms with Crippen molar-refractivity contribution < 1.29 is 18.6 Å². The van der Waals surface area contributed by atoms with Crippen LogP contribution >= 0.6 is 0 Å². The summed E-state index contributed by atoms with van der Waals surface area (Å²) in [4.78, 5) is 4.25. The lowest BCUT2D eigenvalue weighted by Crippen LogP contribution is -2.33. The van der Waals surface area contributed by atoms with Crippen molar-refractivity contribution >= 4 is 0 Å². The molecule has 0 saturated carbocycles. The first-order valence-corrected chi connectivity index (χ1v) is 7.30. The zero-order valence-electron chi connectivity index (χ0n) is 13.0. The first kappa shape index (κ1) is 16.3. The third kappa shape index (κ3) is 2.81. The Labute approximate surface area is 138 Å². The predicted molar refractivity (Wildman–Crippen MR) is 84.1 cm³/mol. The molecule has 0 bridgehead atoms. The van der Waals surface area contributed by atoms with Crippen LogP contribution in [0.3, 0.4) is 0 Å². The number of nitrogens with zero attached hydrogens (tertiary/aromatic N) is 2. The lowest BCUT2D eigenvalue weighted by molar-refractivity contribution is 0.0845.